The van der Waals surface area contributed by atoms with Crippen LogP contribution >= 0.6 is 11.6 Å². The molecule has 0 aliphatic carbocycles. The molecule has 154 valence electrons. The predicted octanol–water partition coefficient (Wildman–Crippen LogP) is 4.18. The Kier molecular flexibility index (Phi) is 5.57. The lowest BCUT2D eigenvalue weighted by molar-refractivity contribution is -0.123. The molecule has 0 spiro atoms. The molecule has 0 saturated carbocycles. The summed E-state index contributed by atoms with van der Waals surface area (Å²) < 4.78 is 6.89. The van der Waals surface area contributed by atoms with E-state index in [1.807, 2.05) is 31.2 Å². The highest BCUT2D eigenvalue weighted by Crippen LogP contribution is 2.39. The van der Waals surface area contributed by atoms with E-state index in [0.717, 1.165) is 16.7 Å². The Labute approximate surface area is 179 Å². The second-order valence-corrected chi connectivity index (χ2v) is 7.61. The summed E-state index contributed by atoms with van der Waals surface area (Å²) in [4.78, 5) is 25.2. The van der Waals surface area contributed by atoms with Gasteiger partial charge < -0.3 is 15.4 Å². The fourth-order valence-electron chi connectivity index (χ4n) is 3.50. The molecule has 0 bridgehead atoms. The number of aryl methyl sites for hydroxylation is 1. The van der Waals surface area contributed by atoms with Gasteiger partial charge in [-0.2, -0.15) is 5.10 Å². The lowest BCUT2D eigenvalue weighted by Crippen LogP contribution is -2.24. The van der Waals surface area contributed by atoms with Crippen LogP contribution in [0.25, 0.3) is 11.1 Å². The molecule has 1 atom stereocenters. The number of nitrogens with zero attached hydrogens (tertiary/aromatic N) is 2. The first-order chi connectivity index (χ1) is 14.5. The molecule has 7 nitrogen and oxygen atoms in total. The Balaban J connectivity index is 1.61. The first kappa shape index (κ1) is 20.1. The van der Waals surface area contributed by atoms with Gasteiger partial charge in [0, 0.05) is 23.4 Å². The number of carbonyl (C=O) groups is 2. The van der Waals surface area contributed by atoms with Crippen molar-refractivity contribution in [2.45, 2.75) is 26.0 Å². The molecule has 3 aromatic rings. The number of amides is 2. The van der Waals surface area contributed by atoms with Crippen LogP contribution in [-0.4, -0.2) is 28.7 Å². The van der Waals surface area contributed by atoms with Crippen LogP contribution in [0.2, 0.25) is 5.02 Å². The van der Waals surface area contributed by atoms with Crippen molar-refractivity contribution in [3.63, 3.8) is 0 Å². The minimum absolute atomic E-state index is 0.0388. The zero-order valence-electron chi connectivity index (χ0n) is 16.6. The Morgan fingerprint density at radius 2 is 1.90 bits per heavy atom. The standard InChI is InChI=1S/C22H21ClN4O3/c1-13-3-5-14(6-4-13)20-17(12-30-2)26-27-18(22(29)25-21(20)27)11-19(28)24-16-9-7-15(23)8-10-16/h3-10,18H,11-12H2,1-2H3,(H,24,28)(H,25,29). The highest BCUT2D eigenvalue weighted by molar-refractivity contribution is 6.30. The molecule has 1 aliphatic rings. The van der Waals surface area contributed by atoms with E-state index in [-0.39, 0.29) is 18.2 Å². The number of benzene rings is 2. The highest BCUT2D eigenvalue weighted by atomic mass is 35.5. The second-order valence-electron chi connectivity index (χ2n) is 7.18. The number of fused-ring (bicyclic) bond motifs is 1. The highest BCUT2D eigenvalue weighted by Gasteiger charge is 2.37. The maximum absolute atomic E-state index is 12.6. The third-order valence-electron chi connectivity index (χ3n) is 4.95. The van der Waals surface area contributed by atoms with Crippen LogP contribution in [0.3, 0.4) is 0 Å². The molecule has 1 aromatic heterocycles. The molecule has 1 aliphatic heterocycles. The fourth-order valence-corrected chi connectivity index (χ4v) is 3.62. The number of aromatic nitrogens is 2. The van der Waals surface area contributed by atoms with Crippen LogP contribution in [0.1, 0.15) is 23.7 Å². The summed E-state index contributed by atoms with van der Waals surface area (Å²) in [7, 11) is 1.60. The minimum Gasteiger partial charge on any atom is -0.378 e. The van der Waals surface area contributed by atoms with Crippen LogP contribution in [0.5, 0.6) is 0 Å². The van der Waals surface area contributed by atoms with Crippen molar-refractivity contribution in [1.82, 2.24) is 9.78 Å². The van der Waals surface area contributed by atoms with Gasteiger partial charge >= 0.3 is 0 Å². The largest absolute Gasteiger partial charge is 0.378 e. The Morgan fingerprint density at radius 3 is 2.57 bits per heavy atom. The number of carbonyl (C=O) groups excluding carboxylic acids is 2. The Hall–Kier alpha value is -3.16. The smallest absolute Gasteiger partial charge is 0.251 e. The molecule has 4 rings (SSSR count). The average Bonchev–Trinajstić information content (AvgIpc) is 3.20. The SMILES string of the molecule is COCc1nn2c(c1-c1ccc(C)cc1)NC(=O)C2CC(=O)Nc1ccc(Cl)cc1. The number of nitrogens with one attached hydrogen (secondary N) is 2. The molecule has 30 heavy (non-hydrogen) atoms. The number of halogens is 1. The predicted molar refractivity (Wildman–Crippen MR) is 115 cm³/mol. The van der Waals surface area contributed by atoms with Crippen molar-refractivity contribution in [2.75, 3.05) is 17.7 Å². The van der Waals surface area contributed by atoms with Gasteiger partial charge in [-0.15, -0.1) is 0 Å². The molecular weight excluding hydrogens is 404 g/mol. The molecule has 2 N–H and O–H groups in total. The molecule has 1 unspecified atom stereocenters. The van der Waals surface area contributed by atoms with E-state index in [4.69, 9.17) is 16.3 Å². The molecule has 2 heterocycles. The lowest BCUT2D eigenvalue weighted by Gasteiger charge is -2.10. The molecular formula is C22H21ClN4O3. The molecule has 8 heteroatoms. The quantitative estimate of drug-likeness (QED) is 0.621. The zero-order chi connectivity index (χ0) is 21.3. The Morgan fingerprint density at radius 1 is 1.20 bits per heavy atom. The fraction of sp³-hybridized carbons (Fsp3) is 0.227. The maximum atomic E-state index is 12.6. The maximum Gasteiger partial charge on any atom is 0.251 e. The van der Waals surface area contributed by atoms with Crippen LogP contribution in [0.4, 0.5) is 11.5 Å². The number of ether oxygens (including phenoxy) is 1. The molecule has 0 saturated heterocycles. The van der Waals surface area contributed by atoms with Gasteiger partial charge in [0.25, 0.3) is 5.91 Å². The van der Waals surface area contributed by atoms with E-state index < -0.39 is 6.04 Å². The van der Waals surface area contributed by atoms with Gasteiger partial charge in [0.05, 0.1) is 18.7 Å². The summed E-state index contributed by atoms with van der Waals surface area (Å²) in [6, 6.07) is 14.0. The van der Waals surface area contributed by atoms with E-state index in [1.54, 1.807) is 36.1 Å². The van der Waals surface area contributed by atoms with Gasteiger partial charge in [-0.25, -0.2) is 4.68 Å². The first-order valence-electron chi connectivity index (χ1n) is 9.50. The van der Waals surface area contributed by atoms with Crippen LogP contribution in [0, 0.1) is 6.92 Å². The van der Waals surface area contributed by atoms with Gasteiger partial charge in [0.15, 0.2) is 0 Å². The van der Waals surface area contributed by atoms with E-state index in [9.17, 15) is 9.59 Å². The summed E-state index contributed by atoms with van der Waals surface area (Å²) in [6.45, 7) is 2.31. The molecule has 0 fully saturated rings. The number of anilines is 2. The summed E-state index contributed by atoms with van der Waals surface area (Å²) in [6.07, 6.45) is -0.0388. The van der Waals surface area contributed by atoms with E-state index in [2.05, 4.69) is 15.7 Å². The van der Waals surface area contributed by atoms with Crippen molar-refractivity contribution in [1.29, 1.82) is 0 Å². The number of rotatable bonds is 6. The van der Waals surface area contributed by atoms with Gasteiger partial charge in [-0.05, 0) is 36.8 Å². The van der Waals surface area contributed by atoms with Crippen molar-refractivity contribution in [2.24, 2.45) is 0 Å². The van der Waals surface area contributed by atoms with E-state index in [1.165, 1.54) is 0 Å². The molecule has 0 radical (unpaired) electrons. The normalized spacial score (nSPS) is 15.0. The van der Waals surface area contributed by atoms with E-state index >= 15 is 0 Å². The Bertz CT molecular complexity index is 1090. The monoisotopic (exact) mass is 424 g/mol. The zero-order valence-corrected chi connectivity index (χ0v) is 17.4. The van der Waals surface area contributed by atoms with Gasteiger partial charge in [0.1, 0.15) is 11.9 Å². The van der Waals surface area contributed by atoms with Crippen LogP contribution in [-0.2, 0) is 20.9 Å². The average molecular weight is 425 g/mol. The van der Waals surface area contributed by atoms with Crippen molar-refractivity contribution in [3.05, 3.63) is 64.8 Å². The number of methoxy groups -OCH3 is 1. The molecule has 2 aromatic carbocycles. The summed E-state index contributed by atoms with van der Waals surface area (Å²) in [5, 5.41) is 10.9. The minimum atomic E-state index is -0.734. The summed E-state index contributed by atoms with van der Waals surface area (Å²) in [5.41, 5.74) is 4.20. The number of hydrogen-bond donors (Lipinski definition) is 2. The third-order valence-corrected chi connectivity index (χ3v) is 5.20. The van der Waals surface area contributed by atoms with Gasteiger partial charge in [-0.3, -0.25) is 9.59 Å². The van der Waals surface area contributed by atoms with Crippen molar-refractivity contribution in [3.8, 4) is 11.1 Å². The number of hydrogen-bond acceptors (Lipinski definition) is 4. The van der Waals surface area contributed by atoms with Gasteiger partial charge in [-0.1, -0.05) is 41.4 Å². The third kappa shape index (κ3) is 3.94. The second kappa shape index (κ2) is 8.30. The van der Waals surface area contributed by atoms with E-state index in [0.29, 0.717) is 28.8 Å². The summed E-state index contributed by atoms with van der Waals surface area (Å²) in [5.74, 6) is 0.0345. The van der Waals surface area contributed by atoms with Gasteiger partial charge in [0.2, 0.25) is 5.91 Å². The first-order valence-corrected chi connectivity index (χ1v) is 9.87. The molecule has 2 amide bonds. The van der Waals surface area contributed by atoms with Crippen molar-refractivity contribution >= 4 is 34.9 Å². The summed E-state index contributed by atoms with van der Waals surface area (Å²) >= 11 is 5.88. The van der Waals surface area contributed by atoms with Crippen LogP contribution < -0.4 is 10.6 Å². The van der Waals surface area contributed by atoms with Crippen LogP contribution in [0.15, 0.2) is 48.5 Å². The van der Waals surface area contributed by atoms with Crippen molar-refractivity contribution < 1.29 is 14.3 Å². The topological polar surface area (TPSA) is 85.2 Å². The lowest BCUT2D eigenvalue weighted by atomic mass is 10.0.